The van der Waals surface area contributed by atoms with Gasteiger partial charge in [0.05, 0.1) is 23.2 Å². The highest BCUT2D eigenvalue weighted by Crippen LogP contribution is 2.55. The number of benzene rings is 1. The van der Waals surface area contributed by atoms with Crippen molar-refractivity contribution < 1.29 is 19.4 Å². The molecule has 1 aliphatic rings. The molecule has 0 radical (unpaired) electrons. The number of hydrogen-bond donors (Lipinski definition) is 1. The van der Waals surface area contributed by atoms with Crippen LogP contribution in [0.5, 0.6) is 0 Å². The number of nitrogens with zero attached hydrogens (tertiary/aromatic N) is 4. The van der Waals surface area contributed by atoms with Crippen molar-refractivity contribution in [1.82, 2.24) is 14.9 Å². The zero-order chi connectivity index (χ0) is 27.7. The Morgan fingerprint density at radius 1 is 1.26 bits per heavy atom. The van der Waals surface area contributed by atoms with Gasteiger partial charge in [0.2, 0.25) is 0 Å². The molecule has 1 saturated heterocycles. The van der Waals surface area contributed by atoms with E-state index < -0.39 is 23.8 Å². The van der Waals surface area contributed by atoms with E-state index in [1.807, 2.05) is 26.0 Å². The number of likely N-dealkylation sites (tertiary alicyclic amines) is 1. The van der Waals surface area contributed by atoms with Crippen molar-refractivity contribution in [2.75, 3.05) is 0 Å². The smallest absolute Gasteiger partial charge is 0.450 e. The van der Waals surface area contributed by atoms with Gasteiger partial charge in [0.1, 0.15) is 0 Å². The van der Waals surface area contributed by atoms with Crippen LogP contribution in [0.25, 0.3) is 0 Å². The van der Waals surface area contributed by atoms with Crippen LogP contribution in [0, 0.1) is 17.2 Å². The van der Waals surface area contributed by atoms with Crippen LogP contribution in [0.3, 0.4) is 0 Å². The summed E-state index contributed by atoms with van der Waals surface area (Å²) in [4.78, 5) is 37.7. The van der Waals surface area contributed by atoms with Crippen LogP contribution >= 0.6 is 11.3 Å². The fraction of sp³-hybridized carbons (Fsp3) is 0.414. The highest BCUT2D eigenvalue weighted by molar-refractivity contribution is 7.09. The first-order valence-electron chi connectivity index (χ1n) is 12.6. The van der Waals surface area contributed by atoms with Crippen molar-refractivity contribution >= 4 is 23.4 Å². The van der Waals surface area contributed by atoms with Gasteiger partial charge in [-0.2, -0.15) is 5.26 Å². The Morgan fingerprint density at radius 2 is 1.97 bits per heavy atom. The fourth-order valence-electron chi connectivity index (χ4n) is 5.35. The number of nitriles is 1. The van der Waals surface area contributed by atoms with E-state index in [1.165, 1.54) is 11.3 Å². The molecule has 9 heteroatoms. The predicted molar refractivity (Wildman–Crippen MR) is 144 cm³/mol. The number of thiazole rings is 1. The normalized spacial score (nSPS) is 21.3. The Balaban J connectivity index is 1.92. The molecule has 1 fully saturated rings. The number of pyridine rings is 1. The van der Waals surface area contributed by atoms with E-state index in [4.69, 9.17) is 4.74 Å². The van der Waals surface area contributed by atoms with E-state index in [0.717, 1.165) is 10.4 Å². The van der Waals surface area contributed by atoms with Crippen LogP contribution in [0.2, 0.25) is 0 Å². The fourth-order valence-corrected chi connectivity index (χ4v) is 6.12. The molecule has 1 amide bonds. The van der Waals surface area contributed by atoms with E-state index in [-0.39, 0.29) is 23.7 Å². The van der Waals surface area contributed by atoms with Gasteiger partial charge in [-0.15, -0.1) is 11.3 Å². The molecule has 1 aliphatic heterocycles. The van der Waals surface area contributed by atoms with Gasteiger partial charge in [0.25, 0.3) is 5.91 Å². The third-order valence-electron chi connectivity index (χ3n) is 6.89. The van der Waals surface area contributed by atoms with Crippen LogP contribution in [0.1, 0.15) is 91.5 Å². The van der Waals surface area contributed by atoms with Crippen molar-refractivity contribution in [3.63, 3.8) is 0 Å². The van der Waals surface area contributed by atoms with Crippen molar-refractivity contribution in [1.29, 1.82) is 5.26 Å². The summed E-state index contributed by atoms with van der Waals surface area (Å²) in [5.41, 5.74) is 2.72. The van der Waals surface area contributed by atoms with E-state index in [2.05, 4.69) is 36.8 Å². The minimum Gasteiger partial charge on any atom is -0.450 e. The summed E-state index contributed by atoms with van der Waals surface area (Å²) in [7, 11) is 0. The molecule has 0 spiro atoms. The molecule has 198 valence electrons. The number of amides is 1. The van der Waals surface area contributed by atoms with Gasteiger partial charge >= 0.3 is 6.16 Å². The molecule has 1 aromatic carbocycles. The number of ether oxygens (including phenoxy) is 1. The second-order valence-corrected chi connectivity index (χ2v) is 12.1. The lowest BCUT2D eigenvalue weighted by molar-refractivity contribution is -0.108. The summed E-state index contributed by atoms with van der Waals surface area (Å²) in [6.45, 7) is 10.2. The summed E-state index contributed by atoms with van der Waals surface area (Å²) in [6, 6.07) is 12.3. The van der Waals surface area contributed by atoms with Gasteiger partial charge in [0.15, 0.2) is 5.72 Å². The van der Waals surface area contributed by atoms with E-state index >= 15 is 0 Å². The van der Waals surface area contributed by atoms with E-state index in [0.29, 0.717) is 23.2 Å². The van der Waals surface area contributed by atoms with Crippen molar-refractivity contribution in [2.45, 2.75) is 70.6 Å². The molecular weight excluding hydrogens is 500 g/mol. The average molecular weight is 533 g/mol. The summed E-state index contributed by atoms with van der Waals surface area (Å²) >= 11 is 1.39. The maximum atomic E-state index is 14.4. The van der Waals surface area contributed by atoms with Gasteiger partial charge in [0, 0.05) is 47.3 Å². The number of rotatable bonds is 6. The summed E-state index contributed by atoms with van der Waals surface area (Å²) in [5, 5.41) is 19.4. The third-order valence-corrected chi connectivity index (χ3v) is 7.74. The number of carbonyl (C=O) groups is 2. The number of hydrogen-bond acceptors (Lipinski definition) is 7. The SMILES string of the molecule is CC(C)C[C@]1(OC(=O)O)C[C@H](c2cc(C#N)ccn2)[C@H](c2cncs2)N1C(=O)c1ccc(C(C)(C)C)cc1. The third kappa shape index (κ3) is 5.41. The molecule has 3 heterocycles. The lowest BCUT2D eigenvalue weighted by Gasteiger charge is -2.40. The Hall–Kier alpha value is -3.77. The minimum absolute atomic E-state index is 0.0205. The molecule has 0 unspecified atom stereocenters. The van der Waals surface area contributed by atoms with Crippen LogP contribution in [0.4, 0.5) is 4.79 Å². The molecule has 38 heavy (non-hydrogen) atoms. The highest BCUT2D eigenvalue weighted by atomic mass is 32.1. The lowest BCUT2D eigenvalue weighted by Crippen LogP contribution is -2.51. The average Bonchev–Trinajstić information content (AvgIpc) is 3.49. The van der Waals surface area contributed by atoms with E-state index in [9.17, 15) is 20.0 Å². The Labute approximate surface area is 226 Å². The molecule has 1 N–H and O–H groups in total. The quantitative estimate of drug-likeness (QED) is 0.359. The second-order valence-electron chi connectivity index (χ2n) is 11.2. The topological polar surface area (TPSA) is 116 Å². The highest BCUT2D eigenvalue weighted by Gasteiger charge is 2.58. The van der Waals surface area contributed by atoms with Crippen molar-refractivity contribution in [3.8, 4) is 6.07 Å². The molecule has 3 atom stereocenters. The molecular formula is C29H32N4O4S. The number of aromatic nitrogens is 2. The van der Waals surface area contributed by atoms with Gasteiger partial charge in [-0.3, -0.25) is 19.7 Å². The first kappa shape index (κ1) is 27.3. The van der Waals surface area contributed by atoms with Crippen molar-refractivity contribution in [3.05, 3.63) is 81.6 Å². The molecule has 0 aliphatic carbocycles. The molecule has 4 rings (SSSR count). The number of carboxylic acid groups (broad SMARTS) is 1. The van der Waals surface area contributed by atoms with Crippen LogP contribution in [-0.4, -0.2) is 37.8 Å². The minimum atomic E-state index is -1.45. The Morgan fingerprint density at radius 3 is 2.53 bits per heavy atom. The van der Waals surface area contributed by atoms with Gasteiger partial charge in [-0.25, -0.2) is 4.79 Å². The van der Waals surface area contributed by atoms with Crippen molar-refractivity contribution in [2.24, 2.45) is 5.92 Å². The van der Waals surface area contributed by atoms with Gasteiger partial charge in [-0.05, 0) is 41.2 Å². The second kappa shape index (κ2) is 10.5. The molecule has 3 aromatic rings. The Bertz CT molecular complexity index is 1340. The Kier molecular flexibility index (Phi) is 7.56. The number of carbonyl (C=O) groups excluding carboxylic acids is 1. The molecule has 0 saturated carbocycles. The maximum Gasteiger partial charge on any atom is 0.507 e. The largest absolute Gasteiger partial charge is 0.507 e. The molecule has 0 bridgehead atoms. The standard InChI is InChI=1S/C29H32N4O4S/c1-18(2)13-29(37-27(35)36)14-22(23-12-19(15-30)10-11-32-23)25(24-16-31-17-38-24)33(29)26(34)20-6-8-21(9-7-20)28(3,4)5/h6-12,16-18,22,25H,13-14H2,1-5H3,(H,35,36)/t22-,25-,29+/m1/s1. The zero-order valence-corrected chi connectivity index (χ0v) is 23.0. The molecule has 2 aromatic heterocycles. The van der Waals surface area contributed by atoms with Crippen LogP contribution in [0.15, 0.2) is 54.3 Å². The summed E-state index contributed by atoms with van der Waals surface area (Å²) < 4.78 is 5.69. The maximum absolute atomic E-state index is 14.4. The van der Waals surface area contributed by atoms with E-state index in [1.54, 1.807) is 47.1 Å². The molecule has 8 nitrogen and oxygen atoms in total. The first-order chi connectivity index (χ1) is 17.9. The van der Waals surface area contributed by atoms with Gasteiger partial charge in [-0.1, -0.05) is 46.8 Å². The first-order valence-corrected chi connectivity index (χ1v) is 13.4. The zero-order valence-electron chi connectivity index (χ0n) is 22.2. The van der Waals surface area contributed by atoms with Crippen LogP contribution in [-0.2, 0) is 10.2 Å². The predicted octanol–water partition coefficient (Wildman–Crippen LogP) is 6.52. The summed E-state index contributed by atoms with van der Waals surface area (Å²) in [5.74, 6) is -0.725. The summed E-state index contributed by atoms with van der Waals surface area (Å²) in [6.07, 6.45) is 2.32. The monoisotopic (exact) mass is 532 g/mol. The van der Waals surface area contributed by atoms with Crippen LogP contribution < -0.4 is 0 Å². The van der Waals surface area contributed by atoms with Gasteiger partial charge < -0.3 is 9.84 Å². The lowest BCUT2D eigenvalue weighted by atomic mass is 9.86.